The fourth-order valence-corrected chi connectivity index (χ4v) is 3.04. The van der Waals surface area contributed by atoms with Gasteiger partial charge in [0.05, 0.1) is 13.7 Å². The van der Waals surface area contributed by atoms with Gasteiger partial charge in [-0.25, -0.2) is 0 Å². The predicted octanol–water partition coefficient (Wildman–Crippen LogP) is 1.79. The Hall–Kier alpha value is -1.10. The fourth-order valence-electron chi connectivity index (χ4n) is 3.04. The van der Waals surface area contributed by atoms with Crippen molar-refractivity contribution >= 4 is 0 Å². The van der Waals surface area contributed by atoms with Crippen LogP contribution < -0.4 is 10.5 Å². The fraction of sp³-hybridized carbons (Fsp3) is 0.600. The lowest BCUT2D eigenvalue weighted by molar-refractivity contribution is 0.181. The summed E-state index contributed by atoms with van der Waals surface area (Å²) in [4.78, 5) is 2.37. The van der Waals surface area contributed by atoms with Crippen molar-refractivity contribution in [3.63, 3.8) is 0 Å². The van der Waals surface area contributed by atoms with E-state index in [1.54, 1.807) is 14.2 Å². The zero-order valence-electron chi connectivity index (χ0n) is 12.1. The van der Waals surface area contributed by atoms with Crippen LogP contribution in [0.25, 0.3) is 0 Å². The number of rotatable bonds is 5. The number of hydrogen-bond acceptors (Lipinski definition) is 4. The molecule has 0 radical (unpaired) electrons. The molecule has 0 aliphatic carbocycles. The van der Waals surface area contributed by atoms with Crippen LogP contribution in [0, 0.1) is 5.92 Å². The molecule has 1 aromatic rings. The Morgan fingerprint density at radius 1 is 1.37 bits per heavy atom. The molecule has 4 nitrogen and oxygen atoms in total. The Kier molecular flexibility index (Phi) is 4.80. The van der Waals surface area contributed by atoms with Crippen molar-refractivity contribution in [2.75, 3.05) is 34.4 Å². The molecule has 0 amide bonds. The standard InChI is InChI=1S/C15H24N2O2/c1-17-9-11(8-16)7-13(17)15-12(10-18-2)5-4-6-14(15)19-3/h4-6,11,13H,7-10,16H2,1-3H3. The molecule has 0 saturated carbocycles. The van der Waals surface area contributed by atoms with Crippen LogP contribution in [-0.4, -0.2) is 39.3 Å². The second-order valence-electron chi connectivity index (χ2n) is 5.26. The van der Waals surface area contributed by atoms with E-state index in [-0.39, 0.29) is 0 Å². The predicted molar refractivity (Wildman–Crippen MR) is 76.2 cm³/mol. The quantitative estimate of drug-likeness (QED) is 0.881. The molecule has 1 saturated heterocycles. The topological polar surface area (TPSA) is 47.7 Å². The summed E-state index contributed by atoms with van der Waals surface area (Å²) in [5.41, 5.74) is 8.28. The summed E-state index contributed by atoms with van der Waals surface area (Å²) in [6.07, 6.45) is 1.09. The van der Waals surface area contributed by atoms with E-state index in [4.69, 9.17) is 15.2 Å². The molecule has 1 aliphatic rings. The lowest BCUT2D eigenvalue weighted by Gasteiger charge is -2.24. The van der Waals surface area contributed by atoms with E-state index in [1.165, 1.54) is 11.1 Å². The van der Waals surface area contributed by atoms with Crippen LogP contribution in [0.15, 0.2) is 18.2 Å². The van der Waals surface area contributed by atoms with Gasteiger partial charge in [0.15, 0.2) is 0 Å². The molecule has 1 heterocycles. The summed E-state index contributed by atoms with van der Waals surface area (Å²) in [5, 5.41) is 0. The van der Waals surface area contributed by atoms with E-state index in [9.17, 15) is 0 Å². The third kappa shape index (κ3) is 2.91. The van der Waals surface area contributed by atoms with Gasteiger partial charge in [-0.15, -0.1) is 0 Å². The van der Waals surface area contributed by atoms with Crippen LogP contribution in [0.3, 0.4) is 0 Å². The number of benzene rings is 1. The first-order valence-electron chi connectivity index (χ1n) is 6.76. The molecule has 19 heavy (non-hydrogen) atoms. The third-order valence-electron chi connectivity index (χ3n) is 3.98. The molecule has 2 N–H and O–H groups in total. The molecule has 2 rings (SSSR count). The van der Waals surface area contributed by atoms with Crippen molar-refractivity contribution in [1.82, 2.24) is 4.90 Å². The number of nitrogens with zero attached hydrogens (tertiary/aromatic N) is 1. The molecule has 0 spiro atoms. The highest BCUT2D eigenvalue weighted by Crippen LogP contribution is 2.40. The second-order valence-corrected chi connectivity index (χ2v) is 5.26. The highest BCUT2D eigenvalue weighted by atomic mass is 16.5. The van der Waals surface area contributed by atoms with Crippen LogP contribution >= 0.6 is 0 Å². The number of ether oxygens (including phenoxy) is 2. The van der Waals surface area contributed by atoms with E-state index < -0.39 is 0 Å². The highest BCUT2D eigenvalue weighted by Gasteiger charge is 2.32. The first kappa shape index (κ1) is 14.3. The monoisotopic (exact) mass is 264 g/mol. The van der Waals surface area contributed by atoms with Crippen LogP contribution in [-0.2, 0) is 11.3 Å². The maximum Gasteiger partial charge on any atom is 0.124 e. The Labute approximate surface area is 115 Å². The maximum absolute atomic E-state index is 5.82. The van der Waals surface area contributed by atoms with Gasteiger partial charge in [-0.3, -0.25) is 4.90 Å². The van der Waals surface area contributed by atoms with Crippen molar-refractivity contribution in [3.8, 4) is 5.75 Å². The normalized spacial score (nSPS) is 23.8. The Balaban J connectivity index is 2.36. The third-order valence-corrected chi connectivity index (χ3v) is 3.98. The highest BCUT2D eigenvalue weighted by molar-refractivity contribution is 5.43. The molecule has 0 aromatic heterocycles. The second kappa shape index (κ2) is 6.37. The lowest BCUT2D eigenvalue weighted by Crippen LogP contribution is -2.21. The van der Waals surface area contributed by atoms with Crippen molar-refractivity contribution in [3.05, 3.63) is 29.3 Å². The largest absolute Gasteiger partial charge is 0.496 e. The van der Waals surface area contributed by atoms with Gasteiger partial charge in [0, 0.05) is 25.3 Å². The SMILES string of the molecule is COCc1cccc(OC)c1C1CC(CN)CN1C. The van der Waals surface area contributed by atoms with Gasteiger partial charge in [-0.2, -0.15) is 0 Å². The molecule has 2 atom stereocenters. The Morgan fingerprint density at radius 2 is 2.16 bits per heavy atom. The van der Waals surface area contributed by atoms with Crippen molar-refractivity contribution < 1.29 is 9.47 Å². The number of likely N-dealkylation sites (tertiary alicyclic amines) is 1. The van der Waals surface area contributed by atoms with Gasteiger partial charge in [-0.05, 0) is 37.6 Å². The average molecular weight is 264 g/mol. The van der Waals surface area contributed by atoms with E-state index in [2.05, 4.69) is 18.0 Å². The molecule has 1 aromatic carbocycles. The lowest BCUT2D eigenvalue weighted by atomic mass is 9.95. The zero-order valence-corrected chi connectivity index (χ0v) is 12.1. The van der Waals surface area contributed by atoms with Crippen LogP contribution in [0.1, 0.15) is 23.6 Å². The Morgan fingerprint density at radius 3 is 2.74 bits per heavy atom. The minimum absolute atomic E-state index is 0.370. The molecule has 4 heteroatoms. The molecule has 106 valence electrons. The summed E-state index contributed by atoms with van der Waals surface area (Å²) in [5.74, 6) is 1.51. The summed E-state index contributed by atoms with van der Waals surface area (Å²) < 4.78 is 10.9. The van der Waals surface area contributed by atoms with Gasteiger partial charge < -0.3 is 15.2 Å². The van der Waals surface area contributed by atoms with Crippen molar-refractivity contribution in [2.45, 2.75) is 19.1 Å². The molecule has 1 aliphatic heterocycles. The molecule has 0 bridgehead atoms. The summed E-state index contributed by atoms with van der Waals surface area (Å²) in [7, 11) is 5.61. The summed E-state index contributed by atoms with van der Waals surface area (Å²) in [6.45, 7) is 2.41. The number of nitrogens with two attached hydrogens (primary N) is 1. The van der Waals surface area contributed by atoms with Gasteiger partial charge in [-0.1, -0.05) is 12.1 Å². The van der Waals surface area contributed by atoms with Gasteiger partial charge in [0.2, 0.25) is 0 Å². The molecular formula is C15H24N2O2. The molecule has 1 fully saturated rings. The van der Waals surface area contributed by atoms with Gasteiger partial charge in [0.25, 0.3) is 0 Å². The summed E-state index contributed by atoms with van der Waals surface area (Å²) in [6, 6.07) is 6.53. The number of methoxy groups -OCH3 is 2. The van der Waals surface area contributed by atoms with E-state index in [0.717, 1.165) is 25.3 Å². The number of hydrogen-bond donors (Lipinski definition) is 1. The van der Waals surface area contributed by atoms with Gasteiger partial charge >= 0.3 is 0 Å². The van der Waals surface area contributed by atoms with Crippen molar-refractivity contribution in [2.24, 2.45) is 11.7 Å². The first-order chi connectivity index (χ1) is 9.21. The zero-order chi connectivity index (χ0) is 13.8. The maximum atomic E-state index is 5.82. The van der Waals surface area contributed by atoms with Crippen molar-refractivity contribution in [1.29, 1.82) is 0 Å². The van der Waals surface area contributed by atoms with E-state index >= 15 is 0 Å². The van der Waals surface area contributed by atoms with Crippen LogP contribution in [0.2, 0.25) is 0 Å². The first-order valence-corrected chi connectivity index (χ1v) is 6.76. The van der Waals surface area contributed by atoms with E-state index in [0.29, 0.717) is 18.6 Å². The smallest absolute Gasteiger partial charge is 0.124 e. The summed E-state index contributed by atoms with van der Waals surface area (Å²) >= 11 is 0. The molecular weight excluding hydrogens is 240 g/mol. The minimum atomic E-state index is 0.370. The van der Waals surface area contributed by atoms with E-state index in [1.807, 2.05) is 12.1 Å². The Bertz CT molecular complexity index is 423. The van der Waals surface area contributed by atoms with Crippen LogP contribution in [0.4, 0.5) is 0 Å². The minimum Gasteiger partial charge on any atom is -0.496 e. The van der Waals surface area contributed by atoms with Crippen LogP contribution in [0.5, 0.6) is 5.75 Å². The molecule has 2 unspecified atom stereocenters. The van der Waals surface area contributed by atoms with Gasteiger partial charge in [0.1, 0.15) is 5.75 Å². The average Bonchev–Trinajstić information content (AvgIpc) is 2.80.